The van der Waals surface area contributed by atoms with Gasteiger partial charge in [0.15, 0.2) is 0 Å². The number of rotatable bonds is 3. The first-order valence-electron chi connectivity index (χ1n) is 5.48. The molecule has 0 aliphatic rings. The van der Waals surface area contributed by atoms with Gasteiger partial charge in [0.05, 0.1) is 4.92 Å². The number of amides is 1. The van der Waals surface area contributed by atoms with Crippen LogP contribution in [0.3, 0.4) is 0 Å². The van der Waals surface area contributed by atoms with Gasteiger partial charge in [-0.25, -0.2) is 4.39 Å². The van der Waals surface area contributed by atoms with E-state index < -0.39 is 28.2 Å². The van der Waals surface area contributed by atoms with Gasteiger partial charge in [-0.05, 0) is 30.3 Å². The highest BCUT2D eigenvalue weighted by atomic mass is 19.1. The second kappa shape index (κ2) is 5.43. The van der Waals surface area contributed by atoms with Crippen LogP contribution in [0.5, 0.6) is 0 Å². The average Bonchev–Trinajstić information content (AvgIpc) is 2.40. The number of anilines is 1. The lowest BCUT2D eigenvalue weighted by atomic mass is 10.2. The summed E-state index contributed by atoms with van der Waals surface area (Å²) in [7, 11) is 0. The van der Waals surface area contributed by atoms with Gasteiger partial charge in [-0.1, -0.05) is 6.07 Å². The van der Waals surface area contributed by atoms with Crippen molar-refractivity contribution in [3.63, 3.8) is 0 Å². The van der Waals surface area contributed by atoms with E-state index in [0.29, 0.717) is 0 Å². The van der Waals surface area contributed by atoms with Crippen LogP contribution in [-0.4, -0.2) is 10.8 Å². The molecule has 2 rings (SSSR count). The van der Waals surface area contributed by atoms with Crippen LogP contribution in [0, 0.1) is 21.7 Å². The number of hydrogen-bond donors (Lipinski definition) is 1. The van der Waals surface area contributed by atoms with Gasteiger partial charge in [-0.3, -0.25) is 14.9 Å². The second-order valence-corrected chi connectivity index (χ2v) is 3.89. The summed E-state index contributed by atoms with van der Waals surface area (Å²) in [5, 5.41) is 12.9. The molecule has 2 aromatic carbocycles. The molecule has 1 N–H and O–H groups in total. The van der Waals surface area contributed by atoms with E-state index in [1.165, 1.54) is 24.3 Å². The molecule has 0 unspecified atom stereocenters. The lowest BCUT2D eigenvalue weighted by Gasteiger charge is -2.05. The highest BCUT2D eigenvalue weighted by Crippen LogP contribution is 2.22. The zero-order valence-electron chi connectivity index (χ0n) is 9.97. The Morgan fingerprint density at radius 1 is 1.15 bits per heavy atom. The summed E-state index contributed by atoms with van der Waals surface area (Å²) in [5.41, 5.74) is -0.647. The summed E-state index contributed by atoms with van der Waals surface area (Å²) in [5.74, 6) is -2.23. The first kappa shape index (κ1) is 13.6. The predicted molar refractivity (Wildman–Crippen MR) is 67.4 cm³/mol. The Labute approximate surface area is 112 Å². The van der Waals surface area contributed by atoms with Gasteiger partial charge in [0, 0.05) is 17.3 Å². The van der Waals surface area contributed by atoms with E-state index in [2.05, 4.69) is 5.32 Å². The molecule has 0 atom stereocenters. The number of hydrogen-bond acceptors (Lipinski definition) is 3. The van der Waals surface area contributed by atoms with E-state index in [1.807, 2.05) is 0 Å². The fourth-order valence-corrected chi connectivity index (χ4v) is 1.56. The van der Waals surface area contributed by atoms with Crippen molar-refractivity contribution in [3.8, 4) is 0 Å². The van der Waals surface area contributed by atoms with Crippen LogP contribution < -0.4 is 5.32 Å². The maximum absolute atomic E-state index is 13.1. The molecule has 0 fully saturated rings. The van der Waals surface area contributed by atoms with Gasteiger partial charge in [-0.2, -0.15) is 4.39 Å². The monoisotopic (exact) mass is 278 g/mol. The molecule has 0 bridgehead atoms. The van der Waals surface area contributed by atoms with Crippen molar-refractivity contribution >= 4 is 17.3 Å². The molecule has 5 nitrogen and oxygen atoms in total. The molecule has 0 radical (unpaired) electrons. The normalized spacial score (nSPS) is 10.1. The lowest BCUT2D eigenvalue weighted by Crippen LogP contribution is -2.12. The Kier molecular flexibility index (Phi) is 3.69. The summed E-state index contributed by atoms with van der Waals surface area (Å²) < 4.78 is 26.1. The molecule has 2 aromatic rings. The minimum absolute atomic E-state index is 0.0485. The summed E-state index contributed by atoms with van der Waals surface area (Å²) in [6.07, 6.45) is 0. The second-order valence-electron chi connectivity index (χ2n) is 3.89. The van der Waals surface area contributed by atoms with Crippen molar-refractivity contribution in [1.29, 1.82) is 0 Å². The molecule has 102 valence electrons. The smallest absolute Gasteiger partial charge is 0.306 e. The predicted octanol–water partition coefficient (Wildman–Crippen LogP) is 3.13. The van der Waals surface area contributed by atoms with E-state index in [-0.39, 0.29) is 11.3 Å². The minimum atomic E-state index is -1.00. The average molecular weight is 278 g/mol. The Bertz CT molecular complexity index is 689. The van der Waals surface area contributed by atoms with Gasteiger partial charge in [0.1, 0.15) is 5.82 Å². The molecular formula is C13H8F2N2O3. The molecule has 0 saturated heterocycles. The molecule has 0 heterocycles. The Hall–Kier alpha value is -2.83. The van der Waals surface area contributed by atoms with E-state index in [9.17, 15) is 23.7 Å². The third kappa shape index (κ3) is 2.94. The number of nitrogens with zero attached hydrogens (tertiary/aromatic N) is 1. The molecule has 7 heteroatoms. The number of carbonyl (C=O) groups is 1. The van der Waals surface area contributed by atoms with Crippen molar-refractivity contribution in [2.24, 2.45) is 0 Å². The summed E-state index contributed by atoms with van der Waals surface area (Å²) in [6, 6.07) is 7.89. The largest absolute Gasteiger partial charge is 0.322 e. The first-order valence-corrected chi connectivity index (χ1v) is 5.48. The molecule has 0 saturated carbocycles. The number of nitro benzene ring substituents is 1. The molecule has 0 spiro atoms. The van der Waals surface area contributed by atoms with Crippen LogP contribution in [0.15, 0.2) is 42.5 Å². The van der Waals surface area contributed by atoms with Crippen LogP contribution in [-0.2, 0) is 0 Å². The maximum atomic E-state index is 13.1. The standard InChI is InChI=1S/C13H8F2N2O3/c14-9-3-1-2-8(6-9)13(18)16-10-4-5-11(15)12(7-10)17(19)20/h1-7H,(H,16,18). The summed E-state index contributed by atoms with van der Waals surface area (Å²) in [6.45, 7) is 0. The SMILES string of the molecule is O=C(Nc1ccc(F)c([N+](=O)[O-])c1)c1cccc(F)c1. The van der Waals surface area contributed by atoms with Crippen molar-refractivity contribution in [1.82, 2.24) is 0 Å². The van der Waals surface area contributed by atoms with E-state index in [1.54, 1.807) is 0 Å². The van der Waals surface area contributed by atoms with Gasteiger partial charge in [0.25, 0.3) is 5.91 Å². The Balaban J connectivity index is 2.24. The fourth-order valence-electron chi connectivity index (χ4n) is 1.56. The van der Waals surface area contributed by atoms with Crippen LogP contribution in [0.1, 0.15) is 10.4 Å². The third-order valence-electron chi connectivity index (χ3n) is 2.49. The third-order valence-corrected chi connectivity index (χ3v) is 2.49. The van der Waals surface area contributed by atoms with Crippen LogP contribution in [0.25, 0.3) is 0 Å². The Morgan fingerprint density at radius 2 is 1.90 bits per heavy atom. The molecule has 20 heavy (non-hydrogen) atoms. The minimum Gasteiger partial charge on any atom is -0.322 e. The summed E-state index contributed by atoms with van der Waals surface area (Å²) >= 11 is 0. The number of nitro groups is 1. The lowest BCUT2D eigenvalue weighted by molar-refractivity contribution is -0.387. The van der Waals surface area contributed by atoms with Gasteiger partial charge in [-0.15, -0.1) is 0 Å². The number of nitrogens with one attached hydrogen (secondary N) is 1. The van der Waals surface area contributed by atoms with Crippen molar-refractivity contribution in [2.45, 2.75) is 0 Å². The highest BCUT2D eigenvalue weighted by Gasteiger charge is 2.15. The van der Waals surface area contributed by atoms with Crippen molar-refractivity contribution in [3.05, 3.63) is 69.8 Å². The quantitative estimate of drug-likeness (QED) is 0.692. The highest BCUT2D eigenvalue weighted by molar-refractivity contribution is 6.04. The molecule has 0 aliphatic heterocycles. The molecule has 1 amide bonds. The zero-order valence-corrected chi connectivity index (χ0v) is 9.97. The van der Waals surface area contributed by atoms with E-state index in [4.69, 9.17) is 0 Å². The first-order chi connectivity index (χ1) is 9.47. The number of carbonyl (C=O) groups excluding carboxylic acids is 1. The van der Waals surface area contributed by atoms with Crippen molar-refractivity contribution in [2.75, 3.05) is 5.32 Å². The van der Waals surface area contributed by atoms with Gasteiger partial charge < -0.3 is 5.32 Å². The topological polar surface area (TPSA) is 72.2 Å². The zero-order chi connectivity index (χ0) is 14.7. The van der Waals surface area contributed by atoms with Crippen molar-refractivity contribution < 1.29 is 18.5 Å². The molecule has 0 aliphatic carbocycles. The fraction of sp³-hybridized carbons (Fsp3) is 0. The van der Waals surface area contributed by atoms with Gasteiger partial charge >= 0.3 is 5.69 Å². The molecular weight excluding hydrogens is 270 g/mol. The van der Waals surface area contributed by atoms with Crippen LogP contribution >= 0.6 is 0 Å². The number of benzene rings is 2. The van der Waals surface area contributed by atoms with Crippen LogP contribution in [0.2, 0.25) is 0 Å². The maximum Gasteiger partial charge on any atom is 0.306 e. The van der Waals surface area contributed by atoms with E-state index >= 15 is 0 Å². The summed E-state index contributed by atoms with van der Waals surface area (Å²) in [4.78, 5) is 21.5. The molecule has 0 aromatic heterocycles. The Morgan fingerprint density at radius 3 is 2.55 bits per heavy atom. The van der Waals surface area contributed by atoms with Gasteiger partial charge in [0.2, 0.25) is 5.82 Å². The van der Waals surface area contributed by atoms with E-state index in [0.717, 1.165) is 18.2 Å². The number of halogens is 2. The van der Waals surface area contributed by atoms with Crippen LogP contribution in [0.4, 0.5) is 20.2 Å².